The number of benzene rings is 1. The minimum absolute atomic E-state index is 0.0367. The van der Waals surface area contributed by atoms with Crippen LogP contribution in [0.25, 0.3) is 0 Å². The molecule has 1 heterocycles. The minimum atomic E-state index is -3.58. The second-order valence-electron chi connectivity index (χ2n) is 6.87. The van der Waals surface area contributed by atoms with Gasteiger partial charge in [0.15, 0.2) is 0 Å². The van der Waals surface area contributed by atoms with Crippen LogP contribution in [-0.4, -0.2) is 49.7 Å². The molecular formula is C18H30N2O3S. The predicted octanol–water partition coefficient (Wildman–Crippen LogP) is 2.15. The monoisotopic (exact) mass is 354 g/mol. The normalized spacial score (nSPS) is 23.5. The quantitative estimate of drug-likeness (QED) is 0.750. The van der Waals surface area contributed by atoms with Crippen LogP contribution in [0.3, 0.4) is 0 Å². The van der Waals surface area contributed by atoms with Gasteiger partial charge in [0.2, 0.25) is 10.0 Å². The number of aliphatic hydroxyl groups is 1. The third kappa shape index (κ3) is 5.02. The fourth-order valence-electron chi connectivity index (χ4n) is 3.33. The summed E-state index contributed by atoms with van der Waals surface area (Å²) in [5.41, 5.74) is 1.13. The number of likely N-dealkylation sites (tertiary alicyclic amines) is 1. The van der Waals surface area contributed by atoms with Gasteiger partial charge in [0, 0.05) is 25.2 Å². The van der Waals surface area contributed by atoms with Gasteiger partial charge < -0.3 is 5.11 Å². The fraction of sp³-hybridized carbons (Fsp3) is 0.667. The lowest BCUT2D eigenvalue weighted by Gasteiger charge is -2.28. The lowest BCUT2D eigenvalue weighted by Crippen LogP contribution is -2.43. The van der Waals surface area contributed by atoms with E-state index in [1.807, 2.05) is 12.1 Å². The van der Waals surface area contributed by atoms with Gasteiger partial charge in [-0.05, 0) is 50.8 Å². The van der Waals surface area contributed by atoms with Crippen molar-refractivity contribution in [3.05, 3.63) is 29.8 Å². The van der Waals surface area contributed by atoms with E-state index in [9.17, 15) is 13.5 Å². The summed E-state index contributed by atoms with van der Waals surface area (Å²) in [5.74, 6) is 0. The summed E-state index contributed by atoms with van der Waals surface area (Å²) in [6.07, 6.45) is 3.53. The fourth-order valence-corrected chi connectivity index (χ4v) is 4.40. The zero-order valence-electron chi connectivity index (χ0n) is 14.9. The van der Waals surface area contributed by atoms with Crippen molar-refractivity contribution in [1.82, 2.24) is 9.62 Å². The van der Waals surface area contributed by atoms with Crippen molar-refractivity contribution in [3.8, 4) is 0 Å². The van der Waals surface area contributed by atoms with E-state index in [4.69, 9.17) is 0 Å². The molecule has 0 saturated carbocycles. The number of β-amino-alcohol motifs (C(OH)–C–C–N with tert-alkyl or cyclic N) is 1. The summed E-state index contributed by atoms with van der Waals surface area (Å²) in [4.78, 5) is 2.50. The molecule has 0 bridgehead atoms. The third-order valence-electron chi connectivity index (χ3n) is 4.84. The molecule has 5 nitrogen and oxygen atoms in total. The Hall–Kier alpha value is -0.950. The third-order valence-corrected chi connectivity index (χ3v) is 6.28. The van der Waals surface area contributed by atoms with Crippen LogP contribution in [0.4, 0.5) is 0 Å². The first-order valence-electron chi connectivity index (χ1n) is 8.86. The molecular weight excluding hydrogens is 324 g/mol. The Kier molecular flexibility index (Phi) is 6.80. The van der Waals surface area contributed by atoms with Crippen LogP contribution in [0.1, 0.15) is 45.6 Å². The molecule has 136 valence electrons. The number of hydrogen-bond acceptors (Lipinski definition) is 4. The first-order chi connectivity index (χ1) is 11.3. The topological polar surface area (TPSA) is 69.6 Å². The number of rotatable bonds is 8. The van der Waals surface area contributed by atoms with E-state index in [-0.39, 0.29) is 11.4 Å². The Labute approximate surface area is 146 Å². The van der Waals surface area contributed by atoms with Crippen LogP contribution in [0.5, 0.6) is 0 Å². The summed E-state index contributed by atoms with van der Waals surface area (Å²) in [7, 11) is -3.58. The first kappa shape index (κ1) is 19.4. The highest BCUT2D eigenvalue weighted by Crippen LogP contribution is 2.23. The molecule has 6 heteroatoms. The molecule has 1 fully saturated rings. The maximum atomic E-state index is 12.3. The second-order valence-corrected chi connectivity index (χ2v) is 8.64. The van der Waals surface area contributed by atoms with Crippen LogP contribution in [0.2, 0.25) is 0 Å². The van der Waals surface area contributed by atoms with Gasteiger partial charge in [-0.1, -0.05) is 25.5 Å². The lowest BCUT2D eigenvalue weighted by molar-refractivity contribution is 0.0941. The summed E-state index contributed by atoms with van der Waals surface area (Å²) in [6.45, 7) is 6.93. The number of hydrogen-bond donors (Lipinski definition) is 2. The van der Waals surface area contributed by atoms with Crippen molar-refractivity contribution in [3.63, 3.8) is 0 Å². The Balaban J connectivity index is 1.89. The highest BCUT2D eigenvalue weighted by atomic mass is 32.2. The molecule has 0 aromatic heterocycles. The molecule has 0 spiro atoms. The van der Waals surface area contributed by atoms with Crippen molar-refractivity contribution < 1.29 is 13.5 Å². The molecule has 1 aliphatic rings. The first-order valence-corrected chi connectivity index (χ1v) is 10.3. The van der Waals surface area contributed by atoms with E-state index in [1.165, 1.54) is 0 Å². The van der Waals surface area contributed by atoms with Crippen molar-refractivity contribution in [2.24, 2.45) is 0 Å². The van der Waals surface area contributed by atoms with Crippen LogP contribution in [0.15, 0.2) is 29.2 Å². The highest BCUT2D eigenvalue weighted by molar-refractivity contribution is 7.89. The Morgan fingerprint density at radius 1 is 1.21 bits per heavy atom. The van der Waals surface area contributed by atoms with Gasteiger partial charge in [0.05, 0.1) is 11.0 Å². The summed E-state index contributed by atoms with van der Waals surface area (Å²) in [5, 5.41) is 10.2. The molecule has 1 aliphatic heterocycles. The average molecular weight is 355 g/mol. The van der Waals surface area contributed by atoms with Crippen LogP contribution < -0.4 is 4.72 Å². The molecule has 1 saturated heterocycles. The van der Waals surface area contributed by atoms with E-state index in [1.54, 1.807) is 12.1 Å². The van der Waals surface area contributed by atoms with Gasteiger partial charge >= 0.3 is 0 Å². The smallest absolute Gasteiger partial charge is 0.240 e. The maximum absolute atomic E-state index is 12.3. The zero-order chi connectivity index (χ0) is 17.7. The highest BCUT2D eigenvalue weighted by Gasteiger charge is 2.29. The molecule has 1 aromatic rings. The predicted molar refractivity (Wildman–Crippen MR) is 96.5 cm³/mol. The summed E-state index contributed by atoms with van der Waals surface area (Å²) < 4.78 is 27.2. The number of nitrogens with one attached hydrogen (secondary N) is 1. The van der Waals surface area contributed by atoms with E-state index < -0.39 is 16.1 Å². The van der Waals surface area contributed by atoms with E-state index in [0.717, 1.165) is 31.2 Å². The summed E-state index contributed by atoms with van der Waals surface area (Å²) in [6, 6.07) is 7.84. The van der Waals surface area contributed by atoms with Gasteiger partial charge in [0.1, 0.15) is 0 Å². The number of nitrogens with zero attached hydrogens (tertiary/aromatic N) is 1. The second kappa shape index (κ2) is 8.43. The number of aryl methyl sites for hydroxylation is 1. The standard InChI is InChI=1S/C18H30N2O3S/c1-4-5-16-8-10-18(11-9-16)24(22,23)19-12-17(21)13-20-14(2)6-7-15(20)3/h8-11,14-15,17,19,21H,4-7,12-13H2,1-3H3/t14?,15?,17-/m0/s1. The zero-order valence-corrected chi connectivity index (χ0v) is 15.7. The van der Waals surface area contributed by atoms with E-state index >= 15 is 0 Å². The van der Waals surface area contributed by atoms with Crippen molar-refractivity contribution in [2.45, 2.75) is 69.5 Å². The average Bonchev–Trinajstić information content (AvgIpc) is 2.86. The van der Waals surface area contributed by atoms with Crippen LogP contribution >= 0.6 is 0 Å². The van der Waals surface area contributed by atoms with Gasteiger partial charge in [-0.3, -0.25) is 4.90 Å². The number of aliphatic hydroxyl groups excluding tert-OH is 1. The van der Waals surface area contributed by atoms with Crippen LogP contribution in [-0.2, 0) is 16.4 Å². The molecule has 1 aromatic carbocycles. The van der Waals surface area contributed by atoms with E-state index in [0.29, 0.717) is 18.6 Å². The van der Waals surface area contributed by atoms with Gasteiger partial charge in [-0.25, -0.2) is 13.1 Å². The Morgan fingerprint density at radius 3 is 2.33 bits per heavy atom. The Bertz CT molecular complexity index is 606. The van der Waals surface area contributed by atoms with E-state index in [2.05, 4.69) is 30.4 Å². The van der Waals surface area contributed by atoms with Crippen LogP contribution in [0, 0.1) is 0 Å². The van der Waals surface area contributed by atoms with Gasteiger partial charge in [0.25, 0.3) is 0 Å². The SMILES string of the molecule is CCCc1ccc(S(=O)(=O)NC[C@H](O)CN2C(C)CCC2C)cc1. The van der Waals surface area contributed by atoms with Crippen molar-refractivity contribution >= 4 is 10.0 Å². The van der Waals surface area contributed by atoms with Crippen molar-refractivity contribution in [2.75, 3.05) is 13.1 Å². The molecule has 2 N–H and O–H groups in total. The van der Waals surface area contributed by atoms with Gasteiger partial charge in [-0.15, -0.1) is 0 Å². The molecule has 2 unspecified atom stereocenters. The van der Waals surface area contributed by atoms with Gasteiger partial charge in [-0.2, -0.15) is 0 Å². The minimum Gasteiger partial charge on any atom is -0.390 e. The molecule has 0 radical (unpaired) electrons. The molecule has 24 heavy (non-hydrogen) atoms. The number of sulfonamides is 1. The lowest BCUT2D eigenvalue weighted by atomic mass is 10.1. The summed E-state index contributed by atoms with van der Waals surface area (Å²) >= 11 is 0. The Morgan fingerprint density at radius 2 is 1.79 bits per heavy atom. The maximum Gasteiger partial charge on any atom is 0.240 e. The molecule has 2 rings (SSSR count). The largest absolute Gasteiger partial charge is 0.390 e. The molecule has 3 atom stereocenters. The van der Waals surface area contributed by atoms with Crippen molar-refractivity contribution in [1.29, 1.82) is 0 Å². The molecule has 0 amide bonds. The molecule has 0 aliphatic carbocycles.